The van der Waals surface area contributed by atoms with Crippen LogP contribution in [0, 0.1) is 0 Å². The SMILES string of the molecule is COC(=O)/C=C/c1cn([C@@H]2O[C@H](CO)[C@@H](O)C2F)c(=O)nc1N. The van der Waals surface area contributed by atoms with Crippen molar-refractivity contribution < 1.29 is 28.9 Å². The van der Waals surface area contributed by atoms with Gasteiger partial charge in [-0.3, -0.25) is 4.57 Å². The van der Waals surface area contributed by atoms with E-state index in [0.29, 0.717) is 0 Å². The molecule has 4 N–H and O–H groups in total. The van der Waals surface area contributed by atoms with Crippen LogP contribution >= 0.6 is 0 Å². The Kier molecular flexibility index (Phi) is 5.08. The summed E-state index contributed by atoms with van der Waals surface area (Å²) in [4.78, 5) is 26.5. The Morgan fingerprint density at radius 2 is 2.35 bits per heavy atom. The largest absolute Gasteiger partial charge is 0.466 e. The Morgan fingerprint density at radius 3 is 2.91 bits per heavy atom. The van der Waals surface area contributed by atoms with Gasteiger partial charge < -0.3 is 25.4 Å². The van der Waals surface area contributed by atoms with Gasteiger partial charge in [-0.1, -0.05) is 0 Å². The number of methoxy groups -OCH3 is 1. The molecule has 1 aliphatic rings. The molecule has 9 nitrogen and oxygen atoms in total. The quantitative estimate of drug-likeness (QED) is 0.453. The van der Waals surface area contributed by atoms with Gasteiger partial charge in [0.1, 0.15) is 18.0 Å². The number of nitrogens with zero attached hydrogens (tertiary/aromatic N) is 2. The highest BCUT2D eigenvalue weighted by Gasteiger charge is 2.45. The van der Waals surface area contributed by atoms with Gasteiger partial charge in [-0.25, -0.2) is 14.0 Å². The van der Waals surface area contributed by atoms with Gasteiger partial charge >= 0.3 is 11.7 Å². The summed E-state index contributed by atoms with van der Waals surface area (Å²) in [5, 5.41) is 18.6. The van der Waals surface area contributed by atoms with Crippen molar-refractivity contribution in [2.45, 2.75) is 24.6 Å². The second kappa shape index (κ2) is 6.86. The van der Waals surface area contributed by atoms with Crippen molar-refractivity contribution in [3.8, 4) is 0 Å². The summed E-state index contributed by atoms with van der Waals surface area (Å²) in [6.45, 7) is -0.607. The van der Waals surface area contributed by atoms with Gasteiger partial charge in [0, 0.05) is 17.8 Å². The van der Waals surface area contributed by atoms with Crippen LogP contribution in [0.4, 0.5) is 10.2 Å². The van der Waals surface area contributed by atoms with Crippen LogP contribution in [0.25, 0.3) is 6.08 Å². The number of aliphatic hydroxyl groups excluding tert-OH is 2. The molecule has 0 saturated carbocycles. The van der Waals surface area contributed by atoms with Crippen LogP contribution < -0.4 is 11.4 Å². The van der Waals surface area contributed by atoms with Gasteiger partial charge in [0.2, 0.25) is 0 Å². The topological polar surface area (TPSA) is 137 Å². The third kappa shape index (κ3) is 3.38. The zero-order valence-electron chi connectivity index (χ0n) is 12.1. The molecule has 0 aliphatic carbocycles. The van der Waals surface area contributed by atoms with Crippen molar-refractivity contribution in [2.24, 2.45) is 0 Å². The lowest BCUT2D eigenvalue weighted by Gasteiger charge is -2.16. The number of hydrogen-bond donors (Lipinski definition) is 3. The molecular formula is C13H16FN3O6. The number of carbonyl (C=O) groups is 1. The molecule has 2 rings (SSSR count). The number of nitrogen functional groups attached to an aromatic ring is 1. The number of alkyl halides is 1. The Labute approximate surface area is 129 Å². The molecule has 1 aliphatic heterocycles. The van der Waals surface area contributed by atoms with E-state index in [1.165, 1.54) is 13.2 Å². The van der Waals surface area contributed by atoms with Gasteiger partial charge in [-0.05, 0) is 6.08 Å². The lowest BCUT2D eigenvalue weighted by Crippen LogP contribution is -2.34. The maximum Gasteiger partial charge on any atom is 0.351 e. The maximum atomic E-state index is 14.1. The summed E-state index contributed by atoms with van der Waals surface area (Å²) in [6.07, 6.45) is -2.70. The first-order valence-electron chi connectivity index (χ1n) is 6.62. The Bertz CT molecular complexity index is 676. The number of carbonyl (C=O) groups excluding carboxylic acids is 1. The highest BCUT2D eigenvalue weighted by Crippen LogP contribution is 2.31. The van der Waals surface area contributed by atoms with Crippen LogP contribution in [0.1, 0.15) is 11.8 Å². The van der Waals surface area contributed by atoms with Gasteiger partial charge in [0.05, 0.1) is 13.7 Å². The predicted molar refractivity (Wildman–Crippen MR) is 75.9 cm³/mol. The number of halogens is 1. The molecule has 0 radical (unpaired) electrons. The van der Waals surface area contributed by atoms with E-state index in [9.17, 15) is 19.1 Å². The van der Waals surface area contributed by atoms with E-state index in [2.05, 4.69) is 9.72 Å². The minimum atomic E-state index is -1.94. The van der Waals surface area contributed by atoms with Crippen LogP contribution in [0.15, 0.2) is 17.1 Å². The first kappa shape index (κ1) is 17.1. The van der Waals surface area contributed by atoms with Gasteiger partial charge in [0.15, 0.2) is 12.4 Å². The smallest absolute Gasteiger partial charge is 0.351 e. The van der Waals surface area contributed by atoms with E-state index in [0.717, 1.165) is 16.8 Å². The summed E-state index contributed by atoms with van der Waals surface area (Å²) in [6, 6.07) is 0. The van der Waals surface area contributed by atoms with Crippen molar-refractivity contribution in [3.63, 3.8) is 0 Å². The van der Waals surface area contributed by atoms with Crippen molar-refractivity contribution >= 4 is 17.9 Å². The summed E-state index contributed by atoms with van der Waals surface area (Å²) >= 11 is 0. The molecule has 0 spiro atoms. The van der Waals surface area contributed by atoms with E-state index in [1.807, 2.05) is 0 Å². The number of esters is 1. The van der Waals surface area contributed by atoms with E-state index < -0.39 is 42.9 Å². The average Bonchev–Trinajstić information content (AvgIpc) is 2.81. The van der Waals surface area contributed by atoms with Gasteiger partial charge in [-0.2, -0.15) is 4.98 Å². The summed E-state index contributed by atoms with van der Waals surface area (Å²) in [7, 11) is 1.19. The fourth-order valence-electron chi connectivity index (χ4n) is 2.11. The van der Waals surface area contributed by atoms with E-state index in [1.54, 1.807) is 0 Å². The third-order valence-electron chi connectivity index (χ3n) is 3.36. The number of rotatable bonds is 4. The van der Waals surface area contributed by atoms with Crippen molar-refractivity contribution in [1.29, 1.82) is 0 Å². The molecule has 2 heterocycles. The highest BCUT2D eigenvalue weighted by molar-refractivity contribution is 5.87. The molecule has 0 bridgehead atoms. The minimum Gasteiger partial charge on any atom is -0.466 e. The molecule has 126 valence electrons. The number of hydrogen-bond acceptors (Lipinski definition) is 8. The third-order valence-corrected chi connectivity index (χ3v) is 3.36. The van der Waals surface area contributed by atoms with E-state index >= 15 is 0 Å². The van der Waals surface area contributed by atoms with Gasteiger partial charge in [-0.15, -0.1) is 0 Å². The fraction of sp³-hybridized carbons (Fsp3) is 0.462. The molecule has 1 aromatic rings. The monoisotopic (exact) mass is 329 g/mol. The standard InChI is InChI=1S/C13H16FN3O6/c1-22-8(19)3-2-6-4-17(13(21)16-11(6)15)12-9(14)10(20)7(5-18)23-12/h2-4,7,9-10,12,18,20H,5H2,1H3,(H2,15,16,21)/b3-2+/t7-,9?,10-,12-/m1/s1. The first-order chi connectivity index (χ1) is 10.9. The molecule has 1 aromatic heterocycles. The zero-order valence-corrected chi connectivity index (χ0v) is 12.1. The number of nitrogens with two attached hydrogens (primary N) is 1. The van der Waals surface area contributed by atoms with Crippen molar-refractivity contribution in [1.82, 2.24) is 9.55 Å². The van der Waals surface area contributed by atoms with Crippen LogP contribution in [-0.4, -0.2) is 57.8 Å². The highest BCUT2D eigenvalue weighted by atomic mass is 19.1. The van der Waals surface area contributed by atoms with Crippen LogP contribution in [0.5, 0.6) is 0 Å². The number of aliphatic hydroxyl groups is 2. The van der Waals surface area contributed by atoms with Crippen molar-refractivity contribution in [3.05, 3.63) is 28.3 Å². The van der Waals surface area contributed by atoms with Gasteiger partial charge in [0.25, 0.3) is 0 Å². The Morgan fingerprint density at radius 1 is 1.65 bits per heavy atom. The fourth-order valence-corrected chi connectivity index (χ4v) is 2.11. The normalized spacial score (nSPS) is 27.5. The number of aromatic nitrogens is 2. The minimum absolute atomic E-state index is 0.160. The Hall–Kier alpha value is -2.30. The first-order valence-corrected chi connectivity index (χ1v) is 6.62. The lowest BCUT2D eigenvalue weighted by atomic mass is 10.1. The molecule has 1 saturated heterocycles. The molecule has 0 aromatic carbocycles. The molecule has 23 heavy (non-hydrogen) atoms. The number of ether oxygens (including phenoxy) is 2. The molecule has 10 heteroatoms. The number of anilines is 1. The maximum absolute atomic E-state index is 14.1. The molecule has 0 amide bonds. The summed E-state index contributed by atoms with van der Waals surface area (Å²) < 4.78 is 24.5. The zero-order chi connectivity index (χ0) is 17.1. The lowest BCUT2D eigenvalue weighted by molar-refractivity contribution is -0.134. The van der Waals surface area contributed by atoms with E-state index in [4.69, 9.17) is 15.6 Å². The molecule has 1 fully saturated rings. The predicted octanol–water partition coefficient (Wildman–Crippen LogP) is -1.40. The molecule has 4 atom stereocenters. The summed E-state index contributed by atoms with van der Waals surface area (Å²) in [5.41, 5.74) is 4.85. The van der Waals surface area contributed by atoms with Crippen LogP contribution in [-0.2, 0) is 14.3 Å². The Balaban J connectivity index is 2.38. The summed E-state index contributed by atoms with van der Waals surface area (Å²) in [5.74, 6) is -0.822. The molecule has 1 unspecified atom stereocenters. The van der Waals surface area contributed by atoms with Crippen molar-refractivity contribution in [2.75, 3.05) is 19.5 Å². The second-order valence-corrected chi connectivity index (χ2v) is 4.81. The van der Waals surface area contributed by atoms with Crippen LogP contribution in [0.3, 0.4) is 0 Å². The molecular weight excluding hydrogens is 313 g/mol. The van der Waals surface area contributed by atoms with Crippen LogP contribution in [0.2, 0.25) is 0 Å². The average molecular weight is 329 g/mol. The second-order valence-electron chi connectivity index (χ2n) is 4.81. The van der Waals surface area contributed by atoms with E-state index in [-0.39, 0.29) is 11.4 Å².